The first kappa shape index (κ1) is 19.4. The molecule has 0 radical (unpaired) electrons. The summed E-state index contributed by atoms with van der Waals surface area (Å²) in [5.41, 5.74) is 9.79. The second-order valence-electron chi connectivity index (χ2n) is 7.84. The molecule has 0 fully saturated rings. The third-order valence-electron chi connectivity index (χ3n) is 5.66. The smallest absolute Gasteiger partial charge is 0.251 e. The first-order valence-electron chi connectivity index (χ1n) is 9.84. The van der Waals surface area contributed by atoms with E-state index in [1.54, 1.807) is 20.3 Å². The Morgan fingerprint density at radius 2 is 1.72 bits per heavy atom. The van der Waals surface area contributed by atoms with Crippen molar-refractivity contribution in [2.45, 2.75) is 44.6 Å². The second-order valence-corrected chi connectivity index (χ2v) is 7.84. The van der Waals surface area contributed by atoms with Crippen molar-refractivity contribution in [3.05, 3.63) is 57.1 Å². The van der Waals surface area contributed by atoms with E-state index in [0.717, 1.165) is 47.7 Å². The fourth-order valence-electron chi connectivity index (χ4n) is 4.09. The van der Waals surface area contributed by atoms with Crippen molar-refractivity contribution >= 4 is 10.9 Å². The number of nitrogens with one attached hydrogen (secondary N) is 1. The van der Waals surface area contributed by atoms with E-state index >= 15 is 0 Å². The molecular formula is C22H26N4O3. The molecule has 2 aromatic heterocycles. The molecule has 29 heavy (non-hydrogen) atoms. The van der Waals surface area contributed by atoms with Crippen LogP contribution in [0.4, 0.5) is 0 Å². The van der Waals surface area contributed by atoms with Crippen molar-refractivity contribution < 1.29 is 9.47 Å². The lowest BCUT2D eigenvalue weighted by Crippen LogP contribution is -2.36. The molecule has 4 rings (SSSR count). The Balaban J connectivity index is 1.72. The van der Waals surface area contributed by atoms with Gasteiger partial charge in [0.2, 0.25) is 11.8 Å². The lowest BCUT2D eigenvalue weighted by atomic mass is 9.86. The molecule has 0 spiro atoms. The average Bonchev–Trinajstić information content (AvgIpc) is 2.73. The van der Waals surface area contributed by atoms with Gasteiger partial charge in [0, 0.05) is 28.4 Å². The van der Waals surface area contributed by atoms with E-state index in [9.17, 15) is 4.79 Å². The lowest BCUT2D eigenvalue weighted by molar-refractivity contribution is 0.363. The zero-order valence-electron chi connectivity index (χ0n) is 17.0. The Bertz CT molecular complexity index is 1100. The molecule has 0 saturated carbocycles. The van der Waals surface area contributed by atoms with Crippen LogP contribution in [-0.4, -0.2) is 29.2 Å². The minimum absolute atomic E-state index is 0.0175. The van der Waals surface area contributed by atoms with Crippen LogP contribution >= 0.6 is 0 Å². The minimum Gasteiger partial charge on any atom is -0.481 e. The summed E-state index contributed by atoms with van der Waals surface area (Å²) in [5, 5.41) is 1.11. The number of pyridine rings is 1. The molecule has 0 aliphatic heterocycles. The van der Waals surface area contributed by atoms with E-state index in [0.29, 0.717) is 24.0 Å². The van der Waals surface area contributed by atoms with Crippen molar-refractivity contribution in [3.8, 4) is 11.8 Å². The van der Waals surface area contributed by atoms with E-state index in [4.69, 9.17) is 15.2 Å². The zero-order valence-corrected chi connectivity index (χ0v) is 17.0. The van der Waals surface area contributed by atoms with Gasteiger partial charge in [-0.05, 0) is 49.8 Å². The minimum atomic E-state index is -0.738. The van der Waals surface area contributed by atoms with Crippen LogP contribution in [-0.2, 0) is 24.8 Å². The summed E-state index contributed by atoms with van der Waals surface area (Å²) in [4.78, 5) is 24.4. The predicted molar refractivity (Wildman–Crippen MR) is 112 cm³/mol. The predicted octanol–water partition coefficient (Wildman–Crippen LogP) is 2.63. The molecule has 7 heteroatoms. The molecule has 1 atom stereocenters. The van der Waals surface area contributed by atoms with Crippen LogP contribution in [0.3, 0.4) is 0 Å². The highest BCUT2D eigenvalue weighted by molar-refractivity contribution is 5.84. The van der Waals surface area contributed by atoms with Gasteiger partial charge in [0.25, 0.3) is 5.56 Å². The molecular weight excluding hydrogens is 368 g/mol. The second kappa shape index (κ2) is 7.48. The van der Waals surface area contributed by atoms with Gasteiger partial charge in [-0.25, -0.2) is 0 Å². The number of methoxy groups -OCH3 is 2. The van der Waals surface area contributed by atoms with Gasteiger partial charge in [-0.15, -0.1) is 0 Å². The summed E-state index contributed by atoms with van der Waals surface area (Å²) >= 11 is 0. The molecule has 1 aromatic carbocycles. The molecule has 7 nitrogen and oxygen atoms in total. The number of aromatic amines is 1. The average molecular weight is 394 g/mol. The van der Waals surface area contributed by atoms with Crippen molar-refractivity contribution in [2.24, 2.45) is 5.73 Å². The molecule has 2 heterocycles. The first-order valence-corrected chi connectivity index (χ1v) is 9.84. The molecule has 0 bridgehead atoms. The monoisotopic (exact) mass is 394 g/mol. The number of nitrogens with two attached hydrogens (primary N) is 1. The zero-order chi connectivity index (χ0) is 20.6. The van der Waals surface area contributed by atoms with Gasteiger partial charge in [-0.2, -0.15) is 9.97 Å². The summed E-state index contributed by atoms with van der Waals surface area (Å²) in [6, 6.07) is 7.71. The van der Waals surface area contributed by atoms with E-state index < -0.39 is 5.54 Å². The number of rotatable bonds is 5. The summed E-state index contributed by atoms with van der Waals surface area (Å²) in [6.45, 7) is 1.93. The molecule has 1 aliphatic carbocycles. The number of ether oxygens (including phenoxy) is 2. The van der Waals surface area contributed by atoms with Gasteiger partial charge >= 0.3 is 0 Å². The van der Waals surface area contributed by atoms with Crippen LogP contribution in [0.5, 0.6) is 11.8 Å². The Labute approximate surface area is 169 Å². The lowest BCUT2D eigenvalue weighted by Gasteiger charge is -2.26. The highest BCUT2D eigenvalue weighted by Gasteiger charge is 2.25. The van der Waals surface area contributed by atoms with Crippen LogP contribution < -0.4 is 20.8 Å². The summed E-state index contributed by atoms with van der Waals surface area (Å²) in [6.07, 6.45) is 4.39. The van der Waals surface area contributed by atoms with E-state index in [1.807, 2.05) is 19.1 Å². The van der Waals surface area contributed by atoms with Crippen LogP contribution in [0.1, 0.15) is 42.3 Å². The number of hydrogen-bond acceptors (Lipinski definition) is 6. The molecule has 0 amide bonds. The van der Waals surface area contributed by atoms with Crippen LogP contribution in [0.2, 0.25) is 0 Å². The standard InChI is InChI=1S/C22H26N4O3/c1-22(23,12-18-25-19(28-2)11-20(26-18)29-3)13-8-9-15-14-6-4-5-7-16(14)21(27)24-17(15)10-13/h8-11H,4-7,12,23H2,1-3H3,(H,24,27). The number of hydrogen-bond donors (Lipinski definition) is 2. The number of nitrogens with zero attached hydrogens (tertiary/aromatic N) is 2. The van der Waals surface area contributed by atoms with E-state index in [1.165, 1.54) is 5.56 Å². The normalized spacial score (nSPS) is 15.6. The summed E-state index contributed by atoms with van der Waals surface area (Å²) < 4.78 is 10.5. The maximum atomic E-state index is 12.5. The Hall–Kier alpha value is -2.93. The summed E-state index contributed by atoms with van der Waals surface area (Å²) in [5.74, 6) is 1.39. The van der Waals surface area contributed by atoms with Gasteiger partial charge in [0.15, 0.2) is 0 Å². The van der Waals surface area contributed by atoms with E-state index in [-0.39, 0.29) is 5.56 Å². The van der Waals surface area contributed by atoms with Gasteiger partial charge in [0.1, 0.15) is 5.82 Å². The number of aryl methyl sites for hydroxylation is 1. The number of H-pyrrole nitrogens is 1. The third-order valence-corrected chi connectivity index (χ3v) is 5.66. The fourth-order valence-corrected chi connectivity index (χ4v) is 4.09. The first-order chi connectivity index (χ1) is 13.9. The highest BCUT2D eigenvalue weighted by atomic mass is 16.5. The molecule has 152 valence electrons. The fraction of sp³-hybridized carbons (Fsp3) is 0.409. The quantitative estimate of drug-likeness (QED) is 0.690. The number of fused-ring (bicyclic) bond motifs is 3. The molecule has 0 saturated heterocycles. The summed E-state index contributed by atoms with van der Waals surface area (Å²) in [7, 11) is 3.10. The maximum absolute atomic E-state index is 12.5. The topological polar surface area (TPSA) is 103 Å². The van der Waals surface area contributed by atoms with Crippen molar-refractivity contribution in [1.82, 2.24) is 15.0 Å². The van der Waals surface area contributed by atoms with Crippen molar-refractivity contribution in [3.63, 3.8) is 0 Å². The highest BCUT2D eigenvalue weighted by Crippen LogP contribution is 2.30. The Morgan fingerprint density at radius 1 is 1.07 bits per heavy atom. The maximum Gasteiger partial charge on any atom is 0.251 e. The SMILES string of the molecule is COc1cc(OC)nc(CC(C)(N)c2ccc3c4c(c(=O)[nH]c3c2)CCCC4)n1. The van der Waals surface area contributed by atoms with Crippen molar-refractivity contribution in [1.29, 1.82) is 0 Å². The van der Waals surface area contributed by atoms with Crippen LogP contribution in [0.15, 0.2) is 29.1 Å². The largest absolute Gasteiger partial charge is 0.481 e. The molecule has 1 aliphatic rings. The van der Waals surface area contributed by atoms with Crippen LogP contribution in [0.25, 0.3) is 10.9 Å². The van der Waals surface area contributed by atoms with Crippen molar-refractivity contribution in [2.75, 3.05) is 14.2 Å². The van der Waals surface area contributed by atoms with Gasteiger partial charge in [-0.1, -0.05) is 12.1 Å². The Kier molecular flexibility index (Phi) is 5.00. The van der Waals surface area contributed by atoms with Crippen LogP contribution in [0, 0.1) is 0 Å². The molecule has 3 aromatic rings. The number of aromatic nitrogens is 3. The molecule has 1 unspecified atom stereocenters. The van der Waals surface area contributed by atoms with Gasteiger partial charge in [-0.3, -0.25) is 4.79 Å². The van der Waals surface area contributed by atoms with E-state index in [2.05, 4.69) is 21.0 Å². The number of benzene rings is 1. The van der Waals surface area contributed by atoms with Gasteiger partial charge < -0.3 is 20.2 Å². The Morgan fingerprint density at radius 3 is 2.38 bits per heavy atom. The van der Waals surface area contributed by atoms with Gasteiger partial charge in [0.05, 0.1) is 20.3 Å². The molecule has 3 N–H and O–H groups in total. The third kappa shape index (κ3) is 3.70.